The smallest absolute Gasteiger partial charge is 0.279 e. The summed E-state index contributed by atoms with van der Waals surface area (Å²) in [7, 11) is 0. The van der Waals surface area contributed by atoms with Crippen molar-refractivity contribution in [2.75, 3.05) is 6.61 Å². The van der Waals surface area contributed by atoms with Gasteiger partial charge in [-0.25, -0.2) is 0 Å². The van der Waals surface area contributed by atoms with Gasteiger partial charge in [0.2, 0.25) is 0 Å². The Morgan fingerprint density at radius 1 is 1.05 bits per heavy atom. The van der Waals surface area contributed by atoms with E-state index in [-0.39, 0.29) is 11.1 Å². The van der Waals surface area contributed by atoms with Crippen LogP contribution in [0.15, 0.2) is 88.8 Å². The molecule has 0 atom stereocenters. The van der Waals surface area contributed by atoms with Crippen molar-refractivity contribution in [1.29, 1.82) is 0 Å². The first-order valence-electron chi connectivity index (χ1n) is 12.1. The lowest BCUT2D eigenvalue weighted by Crippen LogP contribution is -2.20. The third kappa shape index (κ3) is 6.46. The van der Waals surface area contributed by atoms with Crippen molar-refractivity contribution in [2.45, 2.75) is 13.5 Å². The molecule has 1 fully saturated rings. The lowest BCUT2D eigenvalue weighted by molar-refractivity contribution is -0.115. The molecule has 4 aromatic carbocycles. The van der Waals surface area contributed by atoms with E-state index in [9.17, 15) is 9.59 Å². The van der Waals surface area contributed by atoms with Crippen molar-refractivity contribution in [1.82, 2.24) is 5.32 Å². The fraction of sp³-hybridized carbons (Fsp3) is 0.100. The molecular weight excluding hydrogens is 647 g/mol. The number of halogens is 2. The Labute approximate surface area is 248 Å². The van der Waals surface area contributed by atoms with Crippen LogP contribution in [0.3, 0.4) is 0 Å². The summed E-state index contributed by atoms with van der Waals surface area (Å²) in [6, 6.07) is 24.6. The molecular formula is C30H22ClIN2O4S. The minimum atomic E-state index is -0.461. The number of fused-ring (bicyclic) bond motifs is 1. The highest BCUT2D eigenvalue weighted by atomic mass is 127. The van der Waals surface area contributed by atoms with Crippen molar-refractivity contribution < 1.29 is 19.1 Å². The van der Waals surface area contributed by atoms with E-state index < -0.39 is 5.91 Å². The van der Waals surface area contributed by atoms with Crippen LogP contribution in [-0.4, -0.2) is 23.6 Å². The van der Waals surface area contributed by atoms with Crippen LogP contribution in [0.5, 0.6) is 11.5 Å². The Bertz CT molecular complexity index is 1630. The zero-order valence-electron chi connectivity index (χ0n) is 20.7. The number of carbonyl (C=O) groups is 2. The third-order valence-electron chi connectivity index (χ3n) is 5.83. The molecule has 1 aliphatic rings. The molecule has 6 nitrogen and oxygen atoms in total. The number of amides is 2. The minimum Gasteiger partial charge on any atom is -0.490 e. The molecule has 5 rings (SSSR count). The first-order valence-corrected chi connectivity index (χ1v) is 14.3. The second-order valence-electron chi connectivity index (χ2n) is 8.48. The summed E-state index contributed by atoms with van der Waals surface area (Å²) in [4.78, 5) is 29.6. The van der Waals surface area contributed by atoms with Crippen LogP contribution in [0.2, 0.25) is 5.02 Å². The van der Waals surface area contributed by atoms with E-state index >= 15 is 0 Å². The average molecular weight is 669 g/mol. The number of rotatable bonds is 7. The number of nitrogens with one attached hydrogen (secondary N) is 1. The Morgan fingerprint density at radius 2 is 1.82 bits per heavy atom. The predicted molar refractivity (Wildman–Crippen MR) is 166 cm³/mol. The van der Waals surface area contributed by atoms with Gasteiger partial charge in [-0.3, -0.25) is 9.59 Å². The number of thioether (sulfide) groups is 1. The second kappa shape index (κ2) is 12.2. The molecule has 0 unspecified atom stereocenters. The molecule has 196 valence electrons. The number of benzene rings is 4. The molecule has 0 radical (unpaired) electrons. The monoisotopic (exact) mass is 668 g/mol. The molecule has 2 amide bonds. The number of ether oxygens (including phenoxy) is 2. The molecule has 0 spiro atoms. The second-order valence-corrected chi connectivity index (χ2v) is 11.1. The molecule has 1 saturated heterocycles. The first-order chi connectivity index (χ1) is 18.9. The average Bonchev–Trinajstić information content (AvgIpc) is 3.26. The summed E-state index contributed by atoms with van der Waals surface area (Å²) in [5.41, 5.74) is 2.23. The SMILES string of the molecule is CCOc1cc(/C=C2\SC(=NC(=O)c3ccc(Cl)cc3)NC2=O)cc(I)c1OCc1cccc2ccccc12. The van der Waals surface area contributed by atoms with E-state index in [1.165, 1.54) is 0 Å². The highest BCUT2D eigenvalue weighted by Gasteiger charge is 2.25. The standard InChI is InChI=1S/C30H22ClIN2O4S/c1-2-37-25-15-18(14-24(32)27(25)38-17-21-8-5-7-19-6-3-4-9-23(19)21)16-26-29(36)34-30(39-26)33-28(35)20-10-12-22(31)13-11-20/h3-16H,2,17H2,1H3,(H,33,34,35,36)/b26-16-. The van der Waals surface area contributed by atoms with Gasteiger partial charge in [-0.2, -0.15) is 4.99 Å². The molecule has 1 heterocycles. The van der Waals surface area contributed by atoms with E-state index in [2.05, 4.69) is 57.2 Å². The van der Waals surface area contributed by atoms with Gasteiger partial charge in [-0.15, -0.1) is 0 Å². The van der Waals surface area contributed by atoms with Crippen LogP contribution >= 0.6 is 46.0 Å². The van der Waals surface area contributed by atoms with Gasteiger partial charge in [-0.1, -0.05) is 54.1 Å². The number of nitrogens with zero attached hydrogens (tertiary/aromatic N) is 1. The summed E-state index contributed by atoms with van der Waals surface area (Å²) in [6.45, 7) is 2.75. The number of amidine groups is 1. The van der Waals surface area contributed by atoms with E-state index in [1.807, 2.05) is 37.3 Å². The maximum absolute atomic E-state index is 12.6. The van der Waals surface area contributed by atoms with E-state index in [0.717, 1.165) is 37.2 Å². The van der Waals surface area contributed by atoms with E-state index in [4.69, 9.17) is 21.1 Å². The van der Waals surface area contributed by atoms with Crippen LogP contribution in [-0.2, 0) is 11.4 Å². The zero-order chi connectivity index (χ0) is 27.4. The van der Waals surface area contributed by atoms with Crippen molar-refractivity contribution >= 4 is 79.8 Å². The Balaban J connectivity index is 1.36. The van der Waals surface area contributed by atoms with Gasteiger partial charge < -0.3 is 14.8 Å². The molecule has 1 aliphatic heterocycles. The molecule has 1 N–H and O–H groups in total. The van der Waals surface area contributed by atoms with E-state index in [0.29, 0.717) is 40.2 Å². The maximum Gasteiger partial charge on any atom is 0.279 e. The molecule has 0 saturated carbocycles. The topological polar surface area (TPSA) is 77.0 Å². The molecule has 4 aromatic rings. The van der Waals surface area contributed by atoms with E-state index in [1.54, 1.807) is 30.3 Å². The van der Waals surface area contributed by atoms with Crippen molar-refractivity contribution in [2.24, 2.45) is 4.99 Å². The lowest BCUT2D eigenvalue weighted by Gasteiger charge is -2.16. The minimum absolute atomic E-state index is 0.223. The van der Waals surface area contributed by atoms with Crippen molar-refractivity contribution in [3.63, 3.8) is 0 Å². The maximum atomic E-state index is 12.6. The Kier molecular flexibility index (Phi) is 8.54. The summed E-state index contributed by atoms with van der Waals surface area (Å²) < 4.78 is 13.0. The number of hydrogen-bond acceptors (Lipinski definition) is 5. The van der Waals surface area contributed by atoms with Gasteiger partial charge in [0.1, 0.15) is 6.61 Å². The molecule has 0 bridgehead atoms. The third-order valence-corrected chi connectivity index (χ3v) is 7.79. The largest absolute Gasteiger partial charge is 0.490 e. The van der Waals surface area contributed by atoms with Crippen LogP contribution in [0.1, 0.15) is 28.4 Å². The molecule has 0 aliphatic carbocycles. The summed E-state index contributed by atoms with van der Waals surface area (Å²) >= 11 is 9.21. The quantitative estimate of drug-likeness (QED) is 0.163. The molecule has 9 heteroatoms. The van der Waals surface area contributed by atoms with Crippen LogP contribution < -0.4 is 14.8 Å². The van der Waals surface area contributed by atoms with Gasteiger partial charge in [0.05, 0.1) is 15.1 Å². The number of aliphatic imine (C=N–C) groups is 1. The highest BCUT2D eigenvalue weighted by Crippen LogP contribution is 2.37. The van der Waals surface area contributed by atoms with Crippen LogP contribution in [0.25, 0.3) is 16.8 Å². The van der Waals surface area contributed by atoms with Gasteiger partial charge in [0.25, 0.3) is 11.8 Å². The Hall–Kier alpha value is -3.34. The van der Waals surface area contributed by atoms with Gasteiger partial charge in [-0.05, 0) is 106 Å². The summed E-state index contributed by atoms with van der Waals surface area (Å²) in [5, 5.41) is 5.71. The van der Waals surface area contributed by atoms with Crippen LogP contribution in [0.4, 0.5) is 0 Å². The van der Waals surface area contributed by atoms with Gasteiger partial charge >= 0.3 is 0 Å². The molecule has 0 aromatic heterocycles. The summed E-state index contributed by atoms with van der Waals surface area (Å²) in [5.74, 6) is 0.446. The fourth-order valence-corrected chi connectivity index (χ4v) is 5.75. The Morgan fingerprint density at radius 3 is 2.62 bits per heavy atom. The molecule has 39 heavy (non-hydrogen) atoms. The fourth-order valence-electron chi connectivity index (χ4n) is 4.02. The zero-order valence-corrected chi connectivity index (χ0v) is 24.5. The van der Waals surface area contributed by atoms with Crippen LogP contribution in [0, 0.1) is 3.57 Å². The summed E-state index contributed by atoms with van der Waals surface area (Å²) in [6.07, 6.45) is 1.74. The van der Waals surface area contributed by atoms with Gasteiger partial charge in [0.15, 0.2) is 16.7 Å². The first kappa shape index (κ1) is 27.2. The predicted octanol–water partition coefficient (Wildman–Crippen LogP) is 7.48. The number of carbonyl (C=O) groups excluding carboxylic acids is 2. The number of hydrogen-bond donors (Lipinski definition) is 1. The van der Waals surface area contributed by atoms with Crippen molar-refractivity contribution in [3.05, 3.63) is 109 Å². The lowest BCUT2D eigenvalue weighted by atomic mass is 10.1. The highest BCUT2D eigenvalue weighted by molar-refractivity contribution is 14.1. The normalized spacial score (nSPS) is 15.1. The van der Waals surface area contributed by atoms with Crippen molar-refractivity contribution in [3.8, 4) is 11.5 Å². The van der Waals surface area contributed by atoms with Gasteiger partial charge in [0, 0.05) is 10.6 Å².